The standard InChI is InChI=1S/C22H23NO5/c1-14-5-7-17(8-6-14)12-27-22(24)18-9-10-20(21(11-18)25-4)26-13-19-15(2)23-28-16(19)3/h5-11H,12-13H2,1-4H3. The number of hydrogen-bond acceptors (Lipinski definition) is 6. The molecule has 3 aromatic rings. The summed E-state index contributed by atoms with van der Waals surface area (Å²) in [7, 11) is 1.53. The largest absolute Gasteiger partial charge is 0.493 e. The number of aromatic nitrogens is 1. The Hall–Kier alpha value is -3.28. The number of nitrogens with zero attached hydrogens (tertiary/aromatic N) is 1. The van der Waals surface area contributed by atoms with Gasteiger partial charge in [-0.2, -0.15) is 0 Å². The third-order valence-corrected chi connectivity index (χ3v) is 4.44. The summed E-state index contributed by atoms with van der Waals surface area (Å²) in [6, 6.07) is 12.8. The summed E-state index contributed by atoms with van der Waals surface area (Å²) >= 11 is 0. The number of methoxy groups -OCH3 is 1. The summed E-state index contributed by atoms with van der Waals surface area (Å²) in [5.74, 6) is 1.28. The van der Waals surface area contributed by atoms with Crippen LogP contribution in [0.5, 0.6) is 11.5 Å². The number of hydrogen-bond donors (Lipinski definition) is 0. The van der Waals surface area contributed by atoms with Gasteiger partial charge in [0.15, 0.2) is 11.5 Å². The van der Waals surface area contributed by atoms with Gasteiger partial charge in [-0.15, -0.1) is 0 Å². The molecule has 2 aromatic carbocycles. The second kappa shape index (κ2) is 8.61. The van der Waals surface area contributed by atoms with Crippen molar-refractivity contribution in [1.82, 2.24) is 5.16 Å². The molecule has 0 aliphatic carbocycles. The van der Waals surface area contributed by atoms with Gasteiger partial charge in [-0.05, 0) is 44.5 Å². The van der Waals surface area contributed by atoms with E-state index in [1.807, 2.05) is 45.0 Å². The highest BCUT2D eigenvalue weighted by molar-refractivity contribution is 5.90. The predicted octanol–water partition coefficient (Wildman–Crippen LogP) is 4.54. The smallest absolute Gasteiger partial charge is 0.338 e. The Labute approximate surface area is 164 Å². The Bertz CT molecular complexity index is 940. The van der Waals surface area contributed by atoms with Crippen molar-refractivity contribution in [2.24, 2.45) is 0 Å². The van der Waals surface area contributed by atoms with Crippen molar-refractivity contribution in [3.05, 3.63) is 76.2 Å². The number of aryl methyl sites for hydroxylation is 3. The van der Waals surface area contributed by atoms with E-state index in [-0.39, 0.29) is 6.61 Å². The minimum Gasteiger partial charge on any atom is -0.493 e. The first-order valence-electron chi connectivity index (χ1n) is 8.93. The quantitative estimate of drug-likeness (QED) is 0.560. The summed E-state index contributed by atoms with van der Waals surface area (Å²) in [5, 5.41) is 3.91. The maximum Gasteiger partial charge on any atom is 0.338 e. The molecule has 0 N–H and O–H groups in total. The Balaban J connectivity index is 1.66. The molecule has 0 aliphatic rings. The van der Waals surface area contributed by atoms with Crippen molar-refractivity contribution in [1.29, 1.82) is 0 Å². The van der Waals surface area contributed by atoms with Gasteiger partial charge >= 0.3 is 5.97 Å². The Morgan fingerprint density at radius 2 is 1.75 bits per heavy atom. The summed E-state index contributed by atoms with van der Waals surface area (Å²) in [6.07, 6.45) is 0. The fraction of sp³-hybridized carbons (Fsp3) is 0.273. The van der Waals surface area contributed by atoms with Crippen LogP contribution in [0.4, 0.5) is 0 Å². The highest BCUT2D eigenvalue weighted by Gasteiger charge is 2.15. The molecule has 0 atom stereocenters. The van der Waals surface area contributed by atoms with Gasteiger partial charge in [-0.25, -0.2) is 4.79 Å². The van der Waals surface area contributed by atoms with Crippen molar-refractivity contribution in [2.45, 2.75) is 34.0 Å². The Morgan fingerprint density at radius 3 is 2.39 bits per heavy atom. The second-order valence-electron chi connectivity index (χ2n) is 6.52. The first kappa shape index (κ1) is 19.5. The molecule has 0 unspecified atom stereocenters. The van der Waals surface area contributed by atoms with Crippen LogP contribution in [-0.4, -0.2) is 18.2 Å². The second-order valence-corrected chi connectivity index (χ2v) is 6.52. The van der Waals surface area contributed by atoms with Crippen molar-refractivity contribution in [2.75, 3.05) is 7.11 Å². The van der Waals surface area contributed by atoms with Crippen molar-refractivity contribution >= 4 is 5.97 Å². The molecule has 0 spiro atoms. The number of ether oxygens (including phenoxy) is 3. The number of carbonyl (C=O) groups excluding carboxylic acids is 1. The fourth-order valence-corrected chi connectivity index (χ4v) is 2.69. The molecule has 0 saturated heterocycles. The van der Waals surface area contributed by atoms with Crippen LogP contribution in [-0.2, 0) is 18.0 Å². The van der Waals surface area contributed by atoms with Crippen LogP contribution in [0.2, 0.25) is 0 Å². The summed E-state index contributed by atoms with van der Waals surface area (Å²) in [5.41, 5.74) is 4.17. The van der Waals surface area contributed by atoms with Crippen molar-refractivity contribution in [3.8, 4) is 11.5 Å². The van der Waals surface area contributed by atoms with Crippen LogP contribution in [0, 0.1) is 20.8 Å². The molecule has 0 saturated carbocycles. The zero-order valence-electron chi connectivity index (χ0n) is 16.4. The fourth-order valence-electron chi connectivity index (χ4n) is 2.69. The van der Waals surface area contributed by atoms with Crippen LogP contribution in [0.1, 0.15) is 38.5 Å². The molecule has 6 nitrogen and oxygen atoms in total. The molecule has 0 amide bonds. The van der Waals surface area contributed by atoms with Gasteiger partial charge in [0.05, 0.1) is 23.9 Å². The lowest BCUT2D eigenvalue weighted by molar-refractivity contribution is 0.0472. The van der Waals surface area contributed by atoms with E-state index >= 15 is 0 Å². The molecule has 0 radical (unpaired) electrons. The van der Waals surface area contributed by atoms with Gasteiger partial charge in [0.2, 0.25) is 0 Å². The molecule has 1 heterocycles. The summed E-state index contributed by atoms with van der Waals surface area (Å²) < 4.78 is 21.7. The molecule has 0 bridgehead atoms. The predicted molar refractivity (Wildman–Crippen MR) is 104 cm³/mol. The first-order chi connectivity index (χ1) is 13.5. The van der Waals surface area contributed by atoms with Crippen LogP contribution < -0.4 is 9.47 Å². The normalized spacial score (nSPS) is 10.6. The monoisotopic (exact) mass is 381 g/mol. The van der Waals surface area contributed by atoms with E-state index in [1.165, 1.54) is 7.11 Å². The average molecular weight is 381 g/mol. The summed E-state index contributed by atoms with van der Waals surface area (Å²) in [6.45, 7) is 6.22. The van der Waals surface area contributed by atoms with Gasteiger partial charge in [0.1, 0.15) is 19.0 Å². The topological polar surface area (TPSA) is 70.8 Å². The van der Waals surface area contributed by atoms with E-state index < -0.39 is 5.97 Å². The van der Waals surface area contributed by atoms with E-state index in [4.69, 9.17) is 18.7 Å². The molecule has 0 aliphatic heterocycles. The first-order valence-corrected chi connectivity index (χ1v) is 8.93. The maximum atomic E-state index is 12.4. The van der Waals surface area contributed by atoms with E-state index in [1.54, 1.807) is 18.2 Å². The highest BCUT2D eigenvalue weighted by Crippen LogP contribution is 2.30. The van der Waals surface area contributed by atoms with Gasteiger partial charge in [0, 0.05) is 0 Å². The zero-order valence-corrected chi connectivity index (χ0v) is 16.4. The lowest BCUT2D eigenvalue weighted by Gasteiger charge is -2.12. The van der Waals surface area contributed by atoms with Crippen molar-refractivity contribution < 1.29 is 23.5 Å². The van der Waals surface area contributed by atoms with Crippen LogP contribution in [0.15, 0.2) is 47.0 Å². The zero-order chi connectivity index (χ0) is 20.1. The lowest BCUT2D eigenvalue weighted by Crippen LogP contribution is -2.06. The van der Waals surface area contributed by atoms with Crippen LogP contribution in [0.25, 0.3) is 0 Å². The molecule has 3 rings (SSSR count). The van der Waals surface area contributed by atoms with E-state index in [2.05, 4.69) is 5.16 Å². The Kier molecular flexibility index (Phi) is 5.99. The van der Waals surface area contributed by atoms with Gasteiger partial charge in [-0.3, -0.25) is 0 Å². The molecule has 0 fully saturated rings. The van der Waals surface area contributed by atoms with Crippen LogP contribution >= 0.6 is 0 Å². The third kappa shape index (κ3) is 4.52. The SMILES string of the molecule is COc1cc(C(=O)OCc2ccc(C)cc2)ccc1OCc1c(C)noc1C. The molecule has 6 heteroatoms. The van der Waals surface area contributed by atoms with Crippen molar-refractivity contribution in [3.63, 3.8) is 0 Å². The molecule has 28 heavy (non-hydrogen) atoms. The van der Waals surface area contributed by atoms with E-state index in [9.17, 15) is 4.79 Å². The number of carbonyl (C=O) groups is 1. The molecular formula is C22H23NO5. The lowest BCUT2D eigenvalue weighted by atomic mass is 10.1. The molecular weight excluding hydrogens is 358 g/mol. The van der Waals surface area contributed by atoms with E-state index in [0.717, 1.165) is 22.4 Å². The minimum atomic E-state index is -0.420. The summed E-state index contributed by atoms with van der Waals surface area (Å²) in [4.78, 5) is 12.4. The van der Waals surface area contributed by atoms with Gasteiger partial charge in [0.25, 0.3) is 0 Å². The molecule has 1 aromatic heterocycles. The number of rotatable bonds is 7. The number of benzene rings is 2. The molecule has 146 valence electrons. The van der Waals surface area contributed by atoms with Gasteiger partial charge in [-0.1, -0.05) is 35.0 Å². The van der Waals surface area contributed by atoms with E-state index in [0.29, 0.717) is 29.4 Å². The maximum absolute atomic E-state index is 12.4. The van der Waals surface area contributed by atoms with Gasteiger partial charge < -0.3 is 18.7 Å². The Morgan fingerprint density at radius 1 is 1.00 bits per heavy atom. The minimum absolute atomic E-state index is 0.214. The average Bonchev–Trinajstić information content (AvgIpc) is 3.03. The number of esters is 1. The highest BCUT2D eigenvalue weighted by atomic mass is 16.5. The van der Waals surface area contributed by atoms with Crippen LogP contribution in [0.3, 0.4) is 0 Å². The third-order valence-electron chi connectivity index (χ3n) is 4.44.